The SMILES string of the molecule is COc1ccc2c(c1)c(OC(C)=O)c(C(=O)Nc1ccc(Cl)cc1)c(=O)n2C. The van der Waals surface area contributed by atoms with E-state index in [-0.39, 0.29) is 11.3 Å². The lowest BCUT2D eigenvalue weighted by atomic mass is 10.1. The molecule has 0 aliphatic carbocycles. The molecule has 3 rings (SSSR count). The van der Waals surface area contributed by atoms with Gasteiger partial charge >= 0.3 is 5.97 Å². The standard InChI is InChI=1S/C20H17ClN2O5/c1-11(24)28-18-15-10-14(27-3)8-9-16(15)23(2)20(26)17(18)19(25)22-13-6-4-12(21)5-7-13/h4-10H,1-3H3,(H,22,25). The molecular formula is C20H17ClN2O5. The second-order valence-electron chi connectivity index (χ2n) is 6.01. The number of halogens is 1. The fraction of sp³-hybridized carbons (Fsp3) is 0.150. The summed E-state index contributed by atoms with van der Waals surface area (Å²) >= 11 is 5.85. The Hall–Kier alpha value is -3.32. The van der Waals surface area contributed by atoms with Gasteiger partial charge in [-0.25, -0.2) is 0 Å². The zero-order valence-electron chi connectivity index (χ0n) is 15.4. The molecule has 0 saturated carbocycles. The highest BCUT2D eigenvalue weighted by Crippen LogP contribution is 2.31. The summed E-state index contributed by atoms with van der Waals surface area (Å²) in [6.45, 7) is 1.20. The number of nitrogens with one attached hydrogen (secondary N) is 1. The normalized spacial score (nSPS) is 10.6. The van der Waals surface area contributed by atoms with Gasteiger partial charge in [-0.3, -0.25) is 14.4 Å². The minimum atomic E-state index is -0.705. The molecule has 1 aromatic heterocycles. The van der Waals surface area contributed by atoms with Gasteiger partial charge in [-0.2, -0.15) is 0 Å². The van der Waals surface area contributed by atoms with Gasteiger partial charge in [0.1, 0.15) is 11.3 Å². The molecule has 144 valence electrons. The summed E-state index contributed by atoms with van der Waals surface area (Å²) in [6, 6.07) is 11.3. The molecule has 0 aliphatic rings. The number of fused-ring (bicyclic) bond motifs is 1. The van der Waals surface area contributed by atoms with Crippen LogP contribution in [0.5, 0.6) is 11.5 Å². The van der Waals surface area contributed by atoms with E-state index in [1.807, 2.05) is 0 Å². The number of carbonyl (C=O) groups is 2. The molecule has 28 heavy (non-hydrogen) atoms. The summed E-state index contributed by atoms with van der Waals surface area (Å²) in [5.74, 6) is -0.985. The maximum atomic E-state index is 12.9. The largest absolute Gasteiger partial charge is 0.497 e. The summed E-state index contributed by atoms with van der Waals surface area (Å²) in [7, 11) is 3.02. The molecule has 0 bridgehead atoms. The Morgan fingerprint density at radius 1 is 1.11 bits per heavy atom. The van der Waals surface area contributed by atoms with Gasteiger partial charge in [-0.1, -0.05) is 11.6 Å². The first-order chi connectivity index (χ1) is 13.3. The highest BCUT2D eigenvalue weighted by molar-refractivity contribution is 6.30. The van der Waals surface area contributed by atoms with Crippen molar-refractivity contribution in [1.82, 2.24) is 4.57 Å². The number of aryl methyl sites for hydroxylation is 1. The average Bonchev–Trinajstić information content (AvgIpc) is 2.67. The molecule has 1 heterocycles. The van der Waals surface area contributed by atoms with E-state index in [2.05, 4.69) is 5.32 Å². The van der Waals surface area contributed by atoms with Gasteiger partial charge in [0.15, 0.2) is 5.75 Å². The van der Waals surface area contributed by atoms with Gasteiger partial charge in [-0.15, -0.1) is 0 Å². The number of esters is 1. The maximum absolute atomic E-state index is 12.9. The number of nitrogens with zero attached hydrogens (tertiary/aromatic N) is 1. The maximum Gasteiger partial charge on any atom is 0.308 e. The molecular weight excluding hydrogens is 384 g/mol. The first kappa shape index (κ1) is 19.4. The fourth-order valence-corrected chi connectivity index (χ4v) is 2.93. The highest BCUT2D eigenvalue weighted by Gasteiger charge is 2.24. The monoisotopic (exact) mass is 400 g/mol. The van der Waals surface area contributed by atoms with Crippen molar-refractivity contribution in [3.63, 3.8) is 0 Å². The number of hydrogen-bond donors (Lipinski definition) is 1. The van der Waals surface area contributed by atoms with Crippen LogP contribution >= 0.6 is 11.6 Å². The number of hydrogen-bond acceptors (Lipinski definition) is 5. The van der Waals surface area contributed by atoms with Crippen molar-refractivity contribution < 1.29 is 19.1 Å². The van der Waals surface area contributed by atoms with Crippen molar-refractivity contribution in [1.29, 1.82) is 0 Å². The number of benzene rings is 2. The molecule has 8 heteroatoms. The predicted octanol–water partition coefficient (Wildman–Crippen LogP) is 3.38. The Morgan fingerprint density at radius 3 is 2.39 bits per heavy atom. The van der Waals surface area contributed by atoms with Crippen LogP contribution in [0.15, 0.2) is 47.3 Å². The molecule has 0 aliphatic heterocycles. The second kappa shape index (κ2) is 7.74. The smallest absolute Gasteiger partial charge is 0.308 e. The van der Waals surface area contributed by atoms with E-state index in [9.17, 15) is 14.4 Å². The van der Waals surface area contributed by atoms with Crippen LogP contribution in [-0.2, 0) is 11.8 Å². The van der Waals surface area contributed by atoms with Crippen molar-refractivity contribution in [3.05, 3.63) is 63.4 Å². The molecule has 0 spiro atoms. The van der Waals surface area contributed by atoms with E-state index in [0.717, 1.165) is 0 Å². The quantitative estimate of drug-likeness (QED) is 0.678. The Bertz CT molecular complexity index is 1140. The number of anilines is 1. The summed E-state index contributed by atoms with van der Waals surface area (Å²) < 4.78 is 11.8. The van der Waals surface area contributed by atoms with Crippen LogP contribution in [0.3, 0.4) is 0 Å². The van der Waals surface area contributed by atoms with Crippen molar-refractivity contribution in [2.75, 3.05) is 12.4 Å². The zero-order chi connectivity index (χ0) is 20.4. The molecule has 0 unspecified atom stereocenters. The molecule has 1 N–H and O–H groups in total. The molecule has 2 aromatic carbocycles. The Balaban J connectivity index is 2.22. The fourth-order valence-electron chi connectivity index (χ4n) is 2.80. The summed E-state index contributed by atoms with van der Waals surface area (Å²) in [4.78, 5) is 37.4. The van der Waals surface area contributed by atoms with Crippen molar-refractivity contribution >= 4 is 40.1 Å². The van der Waals surface area contributed by atoms with Crippen molar-refractivity contribution in [2.24, 2.45) is 7.05 Å². The summed E-state index contributed by atoms with van der Waals surface area (Å²) in [6.07, 6.45) is 0. The number of ether oxygens (including phenoxy) is 2. The summed E-state index contributed by atoms with van der Waals surface area (Å²) in [5.41, 5.74) is 0.0508. The third-order valence-electron chi connectivity index (χ3n) is 4.13. The zero-order valence-corrected chi connectivity index (χ0v) is 16.2. The van der Waals surface area contributed by atoms with Crippen molar-refractivity contribution in [3.8, 4) is 11.5 Å². The number of aromatic nitrogens is 1. The highest BCUT2D eigenvalue weighted by atomic mass is 35.5. The van der Waals surface area contributed by atoms with E-state index in [0.29, 0.717) is 27.4 Å². The van der Waals surface area contributed by atoms with E-state index in [4.69, 9.17) is 21.1 Å². The van der Waals surface area contributed by atoms with Gasteiger partial charge in [0.2, 0.25) is 0 Å². The molecule has 0 atom stereocenters. The Labute approximate surface area is 165 Å². The molecule has 0 radical (unpaired) electrons. The van der Waals surface area contributed by atoms with Gasteiger partial charge in [0.25, 0.3) is 11.5 Å². The van der Waals surface area contributed by atoms with Crippen LogP contribution in [0.1, 0.15) is 17.3 Å². The number of pyridine rings is 1. The van der Waals surface area contributed by atoms with E-state index in [1.54, 1.807) is 42.5 Å². The Morgan fingerprint density at radius 2 is 1.79 bits per heavy atom. The van der Waals surface area contributed by atoms with E-state index >= 15 is 0 Å². The topological polar surface area (TPSA) is 86.6 Å². The van der Waals surface area contributed by atoms with Gasteiger partial charge < -0.3 is 19.4 Å². The van der Waals surface area contributed by atoms with Crippen LogP contribution in [0.2, 0.25) is 5.02 Å². The lowest BCUT2D eigenvalue weighted by molar-refractivity contribution is -0.131. The van der Waals surface area contributed by atoms with E-state index in [1.165, 1.54) is 25.6 Å². The Kier molecular flexibility index (Phi) is 5.37. The lowest BCUT2D eigenvalue weighted by Gasteiger charge is -2.15. The minimum Gasteiger partial charge on any atom is -0.497 e. The van der Waals surface area contributed by atoms with Gasteiger partial charge in [0, 0.05) is 30.1 Å². The lowest BCUT2D eigenvalue weighted by Crippen LogP contribution is -2.29. The average molecular weight is 401 g/mol. The first-order valence-electron chi connectivity index (χ1n) is 8.28. The molecule has 0 saturated heterocycles. The van der Waals surface area contributed by atoms with Crippen molar-refractivity contribution in [2.45, 2.75) is 6.92 Å². The number of rotatable bonds is 4. The third-order valence-corrected chi connectivity index (χ3v) is 4.38. The molecule has 0 fully saturated rings. The minimum absolute atomic E-state index is 0.115. The number of amides is 1. The van der Waals surface area contributed by atoms with Crippen LogP contribution in [0.25, 0.3) is 10.9 Å². The number of carbonyl (C=O) groups excluding carboxylic acids is 2. The molecule has 7 nitrogen and oxygen atoms in total. The van der Waals surface area contributed by atoms with E-state index < -0.39 is 17.4 Å². The molecule has 1 amide bonds. The van der Waals surface area contributed by atoms with Crippen LogP contribution < -0.4 is 20.3 Å². The summed E-state index contributed by atoms with van der Waals surface area (Å²) in [5, 5.41) is 3.53. The predicted molar refractivity (Wildman–Crippen MR) is 106 cm³/mol. The first-order valence-corrected chi connectivity index (χ1v) is 8.65. The van der Waals surface area contributed by atoms with Crippen LogP contribution in [0.4, 0.5) is 5.69 Å². The molecule has 3 aromatic rings. The van der Waals surface area contributed by atoms with Gasteiger partial charge in [-0.05, 0) is 42.5 Å². The third kappa shape index (κ3) is 3.70. The van der Waals surface area contributed by atoms with Crippen LogP contribution in [-0.4, -0.2) is 23.6 Å². The second-order valence-corrected chi connectivity index (χ2v) is 6.44. The van der Waals surface area contributed by atoms with Crippen LogP contribution in [0, 0.1) is 0 Å². The number of methoxy groups -OCH3 is 1. The van der Waals surface area contributed by atoms with Gasteiger partial charge in [0.05, 0.1) is 12.6 Å².